The third-order valence-corrected chi connectivity index (χ3v) is 6.94. The second kappa shape index (κ2) is 9.58. The second-order valence-corrected chi connectivity index (χ2v) is 9.33. The summed E-state index contributed by atoms with van der Waals surface area (Å²) in [6.07, 6.45) is 0.746. The summed E-state index contributed by atoms with van der Waals surface area (Å²) in [5, 5.41) is 2.82. The quantitative estimate of drug-likeness (QED) is 0.641. The first-order valence-corrected chi connectivity index (χ1v) is 11.7. The first-order valence-electron chi connectivity index (χ1n) is 10.9. The molecule has 0 spiro atoms. The monoisotopic (exact) mass is 503 g/mol. The van der Waals surface area contributed by atoms with Crippen LogP contribution < -0.4 is 5.32 Å². The molecule has 2 fully saturated rings. The molecule has 2 amide bonds. The molecule has 2 aliphatic rings. The SMILES string of the molecule is C[C@@H](c1ccc(Br)cc1)N1CCC(CCN2CCNC(=O)C2)(c2ccc(F)cc2)OC1=O. The van der Waals surface area contributed by atoms with Crippen molar-refractivity contribution in [1.82, 2.24) is 15.1 Å². The van der Waals surface area contributed by atoms with E-state index in [4.69, 9.17) is 4.74 Å². The minimum Gasteiger partial charge on any atom is -0.438 e. The highest BCUT2D eigenvalue weighted by atomic mass is 79.9. The Labute approximate surface area is 195 Å². The van der Waals surface area contributed by atoms with E-state index in [9.17, 15) is 14.0 Å². The van der Waals surface area contributed by atoms with Crippen LogP contribution in [0.25, 0.3) is 0 Å². The highest BCUT2D eigenvalue weighted by Gasteiger charge is 2.43. The fourth-order valence-corrected chi connectivity index (χ4v) is 4.70. The molecule has 2 atom stereocenters. The average Bonchev–Trinajstić information content (AvgIpc) is 2.78. The van der Waals surface area contributed by atoms with Crippen molar-refractivity contribution in [1.29, 1.82) is 0 Å². The Kier molecular flexibility index (Phi) is 6.81. The number of cyclic esters (lactones) is 1. The predicted molar refractivity (Wildman–Crippen MR) is 123 cm³/mol. The third-order valence-electron chi connectivity index (χ3n) is 6.41. The summed E-state index contributed by atoms with van der Waals surface area (Å²) in [5.74, 6) is -0.327. The molecule has 6 nitrogen and oxygen atoms in total. The molecule has 2 saturated heterocycles. The molecule has 1 unspecified atom stereocenters. The first kappa shape index (κ1) is 22.7. The van der Waals surface area contributed by atoms with Crippen molar-refractivity contribution in [3.05, 3.63) is 69.9 Å². The molecule has 4 rings (SSSR count). The maximum absolute atomic E-state index is 13.6. The summed E-state index contributed by atoms with van der Waals surface area (Å²) >= 11 is 3.44. The molecule has 1 N–H and O–H groups in total. The average molecular weight is 504 g/mol. The van der Waals surface area contributed by atoms with Gasteiger partial charge in [0.25, 0.3) is 0 Å². The fourth-order valence-electron chi connectivity index (χ4n) is 4.44. The van der Waals surface area contributed by atoms with Crippen molar-refractivity contribution in [2.75, 3.05) is 32.7 Å². The van der Waals surface area contributed by atoms with Crippen LogP contribution in [-0.2, 0) is 15.1 Å². The van der Waals surface area contributed by atoms with E-state index in [1.165, 1.54) is 12.1 Å². The minimum atomic E-state index is -0.853. The lowest BCUT2D eigenvalue weighted by Crippen LogP contribution is -2.52. The highest BCUT2D eigenvalue weighted by molar-refractivity contribution is 9.10. The van der Waals surface area contributed by atoms with Crippen LogP contribution in [0.15, 0.2) is 53.0 Å². The molecule has 8 heteroatoms. The number of halogens is 2. The van der Waals surface area contributed by atoms with Crippen LogP contribution in [0.4, 0.5) is 9.18 Å². The highest BCUT2D eigenvalue weighted by Crippen LogP contribution is 2.40. The van der Waals surface area contributed by atoms with Crippen molar-refractivity contribution in [3.8, 4) is 0 Å². The van der Waals surface area contributed by atoms with Gasteiger partial charge >= 0.3 is 6.09 Å². The van der Waals surface area contributed by atoms with Crippen molar-refractivity contribution < 1.29 is 18.7 Å². The molecule has 0 saturated carbocycles. The molecule has 0 radical (unpaired) electrons. The number of hydrogen-bond donors (Lipinski definition) is 1. The number of carbonyl (C=O) groups is 2. The van der Waals surface area contributed by atoms with Gasteiger partial charge in [-0.1, -0.05) is 40.2 Å². The largest absolute Gasteiger partial charge is 0.438 e. The van der Waals surface area contributed by atoms with Gasteiger partial charge in [0.05, 0.1) is 12.6 Å². The van der Waals surface area contributed by atoms with Gasteiger partial charge in [-0.15, -0.1) is 0 Å². The number of hydrogen-bond acceptors (Lipinski definition) is 4. The maximum atomic E-state index is 13.6. The number of ether oxygens (including phenoxy) is 1. The van der Waals surface area contributed by atoms with Gasteiger partial charge in [-0.25, -0.2) is 9.18 Å². The number of amides is 2. The molecule has 32 heavy (non-hydrogen) atoms. The number of piperazine rings is 1. The molecule has 0 aromatic heterocycles. The number of nitrogens with zero attached hydrogens (tertiary/aromatic N) is 2. The zero-order valence-electron chi connectivity index (χ0n) is 18.0. The van der Waals surface area contributed by atoms with Crippen molar-refractivity contribution in [2.24, 2.45) is 0 Å². The van der Waals surface area contributed by atoms with Crippen LogP contribution >= 0.6 is 15.9 Å². The lowest BCUT2D eigenvalue weighted by Gasteiger charge is -2.44. The fraction of sp³-hybridized carbons (Fsp3) is 0.417. The van der Waals surface area contributed by atoms with Crippen molar-refractivity contribution >= 4 is 27.9 Å². The Morgan fingerprint density at radius 2 is 1.84 bits per heavy atom. The van der Waals surface area contributed by atoms with Crippen LogP contribution in [0.2, 0.25) is 0 Å². The Bertz CT molecular complexity index is 969. The smallest absolute Gasteiger partial charge is 0.411 e. The normalized spacial score (nSPS) is 22.9. The first-order chi connectivity index (χ1) is 15.4. The van der Waals surface area contributed by atoms with Gasteiger partial charge in [-0.05, 0) is 42.3 Å². The minimum absolute atomic E-state index is 0.00205. The standard InChI is InChI=1S/C24H27BrFN3O3/c1-17(18-2-6-20(25)7-3-18)29-14-11-24(32-23(29)31,19-4-8-21(26)9-5-19)10-13-28-15-12-27-22(30)16-28/h2-9,17H,10-16H2,1H3,(H,27,30)/t17-,24?/m0/s1. The summed E-state index contributed by atoms with van der Waals surface area (Å²) < 4.78 is 20.7. The van der Waals surface area contributed by atoms with Gasteiger partial charge in [0.15, 0.2) is 0 Å². The van der Waals surface area contributed by atoms with Crippen LogP contribution in [0.1, 0.15) is 36.9 Å². The summed E-state index contributed by atoms with van der Waals surface area (Å²) in [6, 6.07) is 14.0. The van der Waals surface area contributed by atoms with Crippen molar-refractivity contribution in [2.45, 2.75) is 31.4 Å². The van der Waals surface area contributed by atoms with Gasteiger partial charge in [0.2, 0.25) is 5.91 Å². The van der Waals surface area contributed by atoms with Crippen LogP contribution in [0, 0.1) is 5.82 Å². The van der Waals surface area contributed by atoms with E-state index < -0.39 is 5.60 Å². The van der Waals surface area contributed by atoms with E-state index >= 15 is 0 Å². The summed E-state index contributed by atoms with van der Waals surface area (Å²) in [7, 11) is 0. The molecule has 2 aliphatic heterocycles. The second-order valence-electron chi connectivity index (χ2n) is 8.42. The Hall–Kier alpha value is -2.45. The van der Waals surface area contributed by atoms with Gasteiger partial charge in [-0.3, -0.25) is 9.69 Å². The van der Waals surface area contributed by atoms with Crippen LogP contribution in [0.3, 0.4) is 0 Å². The van der Waals surface area contributed by atoms with E-state index in [2.05, 4.69) is 26.1 Å². The zero-order chi connectivity index (χ0) is 22.7. The van der Waals surface area contributed by atoms with Crippen LogP contribution in [0.5, 0.6) is 0 Å². The Morgan fingerprint density at radius 1 is 1.12 bits per heavy atom. The summed E-state index contributed by atoms with van der Waals surface area (Å²) in [6.45, 7) is 4.82. The van der Waals surface area contributed by atoms with E-state index in [1.807, 2.05) is 31.2 Å². The molecule has 2 aromatic carbocycles. The Balaban J connectivity index is 1.53. The lowest BCUT2D eigenvalue weighted by atomic mass is 9.85. The predicted octanol–water partition coefficient (Wildman–Crippen LogP) is 4.21. The number of carbonyl (C=O) groups excluding carboxylic acids is 2. The topological polar surface area (TPSA) is 61.9 Å². The van der Waals surface area contributed by atoms with Gasteiger partial charge in [0.1, 0.15) is 11.4 Å². The molecule has 0 aliphatic carbocycles. The molecule has 170 valence electrons. The number of nitrogens with one attached hydrogen (secondary N) is 1. The summed E-state index contributed by atoms with van der Waals surface area (Å²) in [5.41, 5.74) is 0.956. The molecular formula is C24H27BrFN3O3. The molecule has 2 aromatic rings. The van der Waals surface area contributed by atoms with Gasteiger partial charge in [-0.2, -0.15) is 0 Å². The van der Waals surface area contributed by atoms with E-state index in [0.29, 0.717) is 39.0 Å². The number of benzene rings is 2. The Morgan fingerprint density at radius 3 is 2.50 bits per heavy atom. The third kappa shape index (κ3) is 4.96. The number of rotatable bonds is 6. The summed E-state index contributed by atoms with van der Waals surface area (Å²) in [4.78, 5) is 28.7. The van der Waals surface area contributed by atoms with E-state index in [1.54, 1.807) is 17.0 Å². The zero-order valence-corrected chi connectivity index (χ0v) is 19.6. The molecular weight excluding hydrogens is 477 g/mol. The lowest BCUT2D eigenvalue weighted by molar-refractivity contribution is -0.124. The maximum Gasteiger partial charge on any atom is 0.411 e. The molecule has 0 bridgehead atoms. The van der Waals surface area contributed by atoms with E-state index in [-0.39, 0.29) is 23.9 Å². The van der Waals surface area contributed by atoms with Gasteiger partial charge in [0, 0.05) is 43.5 Å². The van der Waals surface area contributed by atoms with Gasteiger partial charge < -0.3 is 15.0 Å². The van der Waals surface area contributed by atoms with Crippen LogP contribution in [-0.4, -0.2) is 54.5 Å². The molecule has 2 heterocycles. The van der Waals surface area contributed by atoms with Crippen molar-refractivity contribution in [3.63, 3.8) is 0 Å². The van der Waals surface area contributed by atoms with E-state index in [0.717, 1.165) is 22.1 Å².